The highest BCUT2D eigenvalue weighted by Gasteiger charge is 2.31. The molecule has 2 saturated heterocycles. The summed E-state index contributed by atoms with van der Waals surface area (Å²) in [6, 6.07) is 20.5. The lowest BCUT2D eigenvalue weighted by Gasteiger charge is -2.39. The van der Waals surface area contributed by atoms with Gasteiger partial charge in [-0.05, 0) is 117 Å². The standard InChI is InChI=1S/C45H51ClN8O6S/c1-45(2)16-12-32(39(27-45)30-4-6-33(46)7-5-30)29-52-20-22-53(23-21-52)35-8-10-38(42(25-35)60-36-24-31-13-17-47-43(31)48-28-36)44(55)50-61(58,59)37-9-11-40(41(26-37)54(56)57)49-34-14-18-51(3)19-15-34/h4-11,13,17,24-26,28,34,49H,12,14-16,18-23,27,29H2,1-3H3,(H,47,48)(H,50,55). The maximum absolute atomic E-state index is 13.9. The number of carbonyl (C=O) groups excluding carboxylic acids is 1. The van der Waals surface area contributed by atoms with E-state index in [1.807, 2.05) is 25.2 Å². The largest absolute Gasteiger partial charge is 0.455 e. The van der Waals surface area contributed by atoms with Gasteiger partial charge in [-0.2, -0.15) is 0 Å². The lowest BCUT2D eigenvalue weighted by Crippen LogP contribution is -2.47. The molecule has 0 atom stereocenters. The molecule has 16 heteroatoms. The number of hydrogen-bond acceptors (Lipinski definition) is 11. The summed E-state index contributed by atoms with van der Waals surface area (Å²) < 4.78 is 35.8. The summed E-state index contributed by atoms with van der Waals surface area (Å²) in [6.07, 6.45) is 8.08. The molecular weight excluding hydrogens is 816 g/mol. The molecule has 2 aliphatic heterocycles. The van der Waals surface area contributed by atoms with Gasteiger partial charge in [0.15, 0.2) is 0 Å². The van der Waals surface area contributed by atoms with E-state index in [9.17, 15) is 23.3 Å². The number of nitrogens with zero attached hydrogens (tertiary/aromatic N) is 5. The minimum Gasteiger partial charge on any atom is -0.455 e. The predicted octanol–water partition coefficient (Wildman–Crippen LogP) is 8.33. The van der Waals surface area contributed by atoms with Gasteiger partial charge in [-0.25, -0.2) is 18.1 Å². The molecule has 1 amide bonds. The van der Waals surface area contributed by atoms with Crippen molar-refractivity contribution >= 4 is 61.2 Å². The van der Waals surface area contributed by atoms with E-state index in [0.29, 0.717) is 11.4 Å². The highest BCUT2D eigenvalue weighted by Crippen LogP contribution is 2.43. The number of fused-ring (bicyclic) bond motifs is 1. The van der Waals surface area contributed by atoms with Crippen molar-refractivity contribution in [2.24, 2.45) is 5.41 Å². The molecule has 2 aromatic heterocycles. The first-order valence-corrected chi connectivity index (χ1v) is 22.6. The number of likely N-dealkylation sites (tertiary alicyclic amines) is 1. The van der Waals surface area contributed by atoms with Gasteiger partial charge in [0.25, 0.3) is 21.6 Å². The van der Waals surface area contributed by atoms with Crippen LogP contribution in [-0.2, 0) is 10.0 Å². The summed E-state index contributed by atoms with van der Waals surface area (Å²) in [4.78, 5) is 39.4. The third-order valence-corrected chi connectivity index (χ3v) is 13.7. The normalized spacial score (nSPS) is 18.0. The predicted molar refractivity (Wildman–Crippen MR) is 239 cm³/mol. The Morgan fingerprint density at radius 3 is 2.49 bits per heavy atom. The topological polar surface area (TPSA) is 166 Å². The molecule has 320 valence electrons. The number of piperazine rings is 1. The number of nitro benzene ring substituents is 1. The van der Waals surface area contributed by atoms with Crippen LogP contribution >= 0.6 is 11.6 Å². The Morgan fingerprint density at radius 2 is 1.75 bits per heavy atom. The summed E-state index contributed by atoms with van der Waals surface area (Å²) in [7, 11) is -2.53. The fourth-order valence-corrected chi connectivity index (χ4v) is 9.65. The molecule has 61 heavy (non-hydrogen) atoms. The van der Waals surface area contributed by atoms with Crippen molar-refractivity contribution in [3.05, 3.63) is 117 Å². The minimum absolute atomic E-state index is 0.0106. The zero-order valence-corrected chi connectivity index (χ0v) is 36.2. The number of anilines is 2. The van der Waals surface area contributed by atoms with E-state index in [-0.39, 0.29) is 28.5 Å². The van der Waals surface area contributed by atoms with Crippen molar-refractivity contribution in [1.29, 1.82) is 0 Å². The van der Waals surface area contributed by atoms with Crippen molar-refractivity contribution in [3.63, 3.8) is 0 Å². The number of carbonyl (C=O) groups is 1. The van der Waals surface area contributed by atoms with Crippen molar-refractivity contribution in [2.75, 3.05) is 63.1 Å². The molecule has 0 radical (unpaired) electrons. The average molecular weight is 867 g/mol. The Morgan fingerprint density at radius 1 is 1.00 bits per heavy atom. The van der Waals surface area contributed by atoms with Crippen LogP contribution < -0.4 is 19.7 Å². The fourth-order valence-electron chi connectivity index (χ4n) is 8.54. The third kappa shape index (κ3) is 9.86. The van der Waals surface area contributed by atoms with Crippen LogP contribution in [0.15, 0.2) is 95.7 Å². The molecule has 0 bridgehead atoms. The summed E-state index contributed by atoms with van der Waals surface area (Å²) in [5.74, 6) is -0.455. The van der Waals surface area contributed by atoms with Gasteiger partial charge in [-0.15, -0.1) is 0 Å². The van der Waals surface area contributed by atoms with Crippen molar-refractivity contribution in [1.82, 2.24) is 24.5 Å². The van der Waals surface area contributed by atoms with Gasteiger partial charge in [-0.3, -0.25) is 19.8 Å². The second kappa shape index (κ2) is 17.5. The molecule has 3 aliphatic rings. The smallest absolute Gasteiger partial charge is 0.293 e. The number of H-pyrrole nitrogens is 1. The number of ether oxygens (including phenoxy) is 1. The van der Waals surface area contributed by atoms with Crippen molar-refractivity contribution < 1.29 is 22.9 Å². The number of aromatic amines is 1. The maximum atomic E-state index is 13.9. The molecule has 4 heterocycles. The van der Waals surface area contributed by atoms with E-state index in [4.69, 9.17) is 16.3 Å². The van der Waals surface area contributed by atoms with Crippen LogP contribution in [0, 0.1) is 15.5 Å². The molecule has 2 fully saturated rings. The van der Waals surface area contributed by atoms with Crippen LogP contribution in [0.5, 0.6) is 11.5 Å². The summed E-state index contributed by atoms with van der Waals surface area (Å²) in [5, 5.41) is 16.9. The van der Waals surface area contributed by atoms with Crippen LogP contribution in [0.3, 0.4) is 0 Å². The van der Waals surface area contributed by atoms with E-state index >= 15 is 0 Å². The maximum Gasteiger partial charge on any atom is 0.293 e. The van der Waals surface area contributed by atoms with Gasteiger partial charge >= 0.3 is 0 Å². The summed E-state index contributed by atoms with van der Waals surface area (Å²) >= 11 is 6.24. The first-order valence-electron chi connectivity index (χ1n) is 20.7. The van der Waals surface area contributed by atoms with Gasteiger partial charge in [0.05, 0.1) is 21.6 Å². The Labute approximate surface area is 361 Å². The highest BCUT2D eigenvalue weighted by atomic mass is 35.5. The number of rotatable bonds is 12. The second-order valence-electron chi connectivity index (χ2n) is 17.2. The minimum atomic E-state index is -4.55. The average Bonchev–Trinajstić information content (AvgIpc) is 3.71. The first-order chi connectivity index (χ1) is 29.2. The van der Waals surface area contributed by atoms with Gasteiger partial charge in [0.1, 0.15) is 22.8 Å². The molecule has 5 aromatic rings. The first kappa shape index (κ1) is 42.2. The number of piperidine rings is 1. The zero-order chi connectivity index (χ0) is 42.9. The zero-order valence-electron chi connectivity index (χ0n) is 34.6. The molecular formula is C45H51ClN8O6S. The lowest BCUT2D eigenvalue weighted by molar-refractivity contribution is -0.384. The van der Waals surface area contributed by atoms with Gasteiger partial charge in [0, 0.05) is 73.2 Å². The van der Waals surface area contributed by atoms with Gasteiger partial charge in [-0.1, -0.05) is 43.2 Å². The highest BCUT2D eigenvalue weighted by molar-refractivity contribution is 7.90. The molecule has 14 nitrogen and oxygen atoms in total. The molecule has 8 rings (SSSR count). The number of pyridine rings is 1. The number of nitro groups is 1. The van der Waals surface area contributed by atoms with E-state index in [2.05, 4.69) is 60.7 Å². The van der Waals surface area contributed by atoms with Crippen LogP contribution in [0.1, 0.15) is 61.9 Å². The van der Waals surface area contributed by atoms with Crippen LogP contribution in [0.25, 0.3) is 16.6 Å². The third-order valence-electron chi connectivity index (χ3n) is 12.1. The number of sulfonamides is 1. The van der Waals surface area contributed by atoms with Crippen molar-refractivity contribution in [2.45, 2.75) is 56.9 Å². The molecule has 3 aromatic carbocycles. The fraction of sp³-hybridized carbons (Fsp3) is 0.378. The van der Waals surface area contributed by atoms with E-state index < -0.39 is 31.4 Å². The number of nitrogens with one attached hydrogen (secondary N) is 3. The van der Waals surface area contributed by atoms with Crippen LogP contribution in [0.2, 0.25) is 5.02 Å². The SMILES string of the molecule is CN1CCC(Nc2ccc(S(=O)(=O)NC(=O)c3ccc(N4CCN(CC5=C(c6ccc(Cl)cc6)CC(C)(C)CC5)CC4)cc3Oc3cnc4[nH]ccc4c3)cc2[N+](=O)[O-])CC1. The number of allylic oxidation sites excluding steroid dienone is 1. The number of benzene rings is 3. The van der Waals surface area contributed by atoms with Gasteiger partial charge < -0.3 is 24.8 Å². The lowest BCUT2D eigenvalue weighted by atomic mass is 9.72. The van der Waals surface area contributed by atoms with E-state index in [1.165, 1.54) is 35.0 Å². The number of hydrogen-bond donors (Lipinski definition) is 3. The van der Waals surface area contributed by atoms with Crippen LogP contribution in [0.4, 0.5) is 17.1 Å². The molecule has 0 unspecified atom stereocenters. The monoisotopic (exact) mass is 866 g/mol. The number of amides is 1. The molecule has 0 spiro atoms. The van der Waals surface area contributed by atoms with Crippen molar-refractivity contribution in [3.8, 4) is 11.5 Å². The summed E-state index contributed by atoms with van der Waals surface area (Å²) in [6.45, 7) is 10.3. The van der Waals surface area contributed by atoms with E-state index in [1.54, 1.807) is 30.5 Å². The number of aromatic nitrogens is 2. The summed E-state index contributed by atoms with van der Waals surface area (Å²) in [5.41, 5.74) is 5.62. The quantitative estimate of drug-likeness (QED) is 0.0816. The Bertz CT molecular complexity index is 2580. The van der Waals surface area contributed by atoms with Gasteiger partial charge in [0.2, 0.25) is 0 Å². The van der Waals surface area contributed by atoms with E-state index in [0.717, 1.165) is 100 Å². The Balaban J connectivity index is 1.01. The molecule has 1 aliphatic carbocycles. The Kier molecular flexibility index (Phi) is 12.1. The Hall–Kier alpha value is -5.48. The molecule has 3 N–H and O–H groups in total. The van der Waals surface area contributed by atoms with Crippen LogP contribution in [-0.4, -0.2) is 97.9 Å². The number of halogens is 1. The second-order valence-corrected chi connectivity index (χ2v) is 19.3. The molecule has 0 saturated carbocycles.